The summed E-state index contributed by atoms with van der Waals surface area (Å²) in [7, 11) is 1.73. The van der Waals surface area contributed by atoms with E-state index in [0.29, 0.717) is 11.3 Å². The van der Waals surface area contributed by atoms with E-state index in [-0.39, 0.29) is 17.0 Å². The van der Waals surface area contributed by atoms with E-state index in [2.05, 4.69) is 0 Å². The zero-order chi connectivity index (χ0) is 23.0. The van der Waals surface area contributed by atoms with E-state index in [4.69, 9.17) is 0 Å². The second kappa shape index (κ2) is 8.11. The molecule has 0 bridgehead atoms. The van der Waals surface area contributed by atoms with Crippen molar-refractivity contribution in [3.63, 3.8) is 0 Å². The molecule has 0 unspecified atom stereocenters. The molecule has 0 saturated carbocycles. The number of carbonyl (C=O) groups excluding carboxylic acids is 2. The van der Waals surface area contributed by atoms with E-state index in [9.17, 15) is 19.7 Å². The second-order valence-electron chi connectivity index (χ2n) is 7.66. The van der Waals surface area contributed by atoms with Gasteiger partial charge in [0.05, 0.1) is 16.2 Å². The first kappa shape index (κ1) is 21.0. The van der Waals surface area contributed by atoms with E-state index in [1.165, 1.54) is 29.2 Å². The van der Waals surface area contributed by atoms with Crippen molar-refractivity contribution in [2.75, 3.05) is 16.8 Å². The van der Waals surface area contributed by atoms with Crippen molar-refractivity contribution in [1.82, 2.24) is 0 Å². The first-order valence-corrected chi connectivity index (χ1v) is 10.0. The molecule has 2 amide bonds. The first-order valence-electron chi connectivity index (χ1n) is 10.0. The molecule has 3 aromatic rings. The quantitative estimate of drug-likeness (QED) is 0.337. The number of benzene rings is 3. The minimum absolute atomic E-state index is 0.0877. The lowest BCUT2D eigenvalue weighted by Gasteiger charge is -2.22. The summed E-state index contributed by atoms with van der Waals surface area (Å²) in [6, 6.07) is 20.5. The summed E-state index contributed by atoms with van der Waals surface area (Å²) in [5.74, 6) is -0.907. The number of anilines is 2. The number of hydrogen-bond donors (Lipinski definition) is 0. The van der Waals surface area contributed by atoms with E-state index < -0.39 is 16.7 Å². The number of nitro benzene ring substituents is 1. The molecular weight excluding hydrogens is 406 g/mol. The average molecular weight is 427 g/mol. The van der Waals surface area contributed by atoms with Gasteiger partial charge in [0.2, 0.25) is 0 Å². The molecular formula is C25H21N3O4. The Morgan fingerprint density at radius 2 is 1.53 bits per heavy atom. The molecule has 0 saturated heterocycles. The summed E-state index contributed by atoms with van der Waals surface area (Å²) in [5.41, 5.74) is 3.86. The largest absolute Gasteiger partial charge is 0.339 e. The van der Waals surface area contributed by atoms with Crippen LogP contribution in [-0.2, 0) is 9.59 Å². The lowest BCUT2D eigenvalue weighted by Crippen LogP contribution is -2.34. The number of likely N-dealkylation sites (N-methyl/N-ethyl adjacent to an activating group) is 1. The SMILES string of the molecule is Cc1ccc(N2C(=O)C(c3ccc([N+](=O)[O-])cc3)=C(N(C)c3ccccc3)C2=O)c(C)c1. The summed E-state index contributed by atoms with van der Waals surface area (Å²) < 4.78 is 0. The van der Waals surface area contributed by atoms with Crippen LogP contribution >= 0.6 is 0 Å². The zero-order valence-corrected chi connectivity index (χ0v) is 17.9. The maximum absolute atomic E-state index is 13.6. The number of amides is 2. The Hall–Kier alpha value is -4.26. The molecule has 0 radical (unpaired) electrons. The van der Waals surface area contributed by atoms with Crippen LogP contribution in [0.1, 0.15) is 16.7 Å². The molecule has 32 heavy (non-hydrogen) atoms. The number of carbonyl (C=O) groups is 2. The molecule has 0 aliphatic carbocycles. The summed E-state index contributed by atoms with van der Waals surface area (Å²) in [4.78, 5) is 40.7. The summed E-state index contributed by atoms with van der Waals surface area (Å²) in [5, 5.41) is 11.1. The molecule has 0 spiro atoms. The van der Waals surface area contributed by atoms with Gasteiger partial charge >= 0.3 is 0 Å². The van der Waals surface area contributed by atoms with Crippen LogP contribution in [-0.4, -0.2) is 23.8 Å². The smallest absolute Gasteiger partial charge is 0.282 e. The maximum atomic E-state index is 13.6. The summed E-state index contributed by atoms with van der Waals surface area (Å²) in [6.45, 7) is 3.80. The van der Waals surface area contributed by atoms with Crippen molar-refractivity contribution in [1.29, 1.82) is 0 Å². The number of non-ortho nitro benzene ring substituents is 1. The number of para-hydroxylation sites is 1. The van der Waals surface area contributed by atoms with Crippen LogP contribution in [0.4, 0.5) is 17.1 Å². The Kier molecular flexibility index (Phi) is 5.32. The monoisotopic (exact) mass is 427 g/mol. The topological polar surface area (TPSA) is 83.8 Å². The van der Waals surface area contributed by atoms with Gasteiger partial charge in [-0.2, -0.15) is 0 Å². The van der Waals surface area contributed by atoms with Crippen molar-refractivity contribution >= 4 is 34.4 Å². The minimum Gasteiger partial charge on any atom is -0.339 e. The van der Waals surface area contributed by atoms with Crippen LogP contribution in [0.2, 0.25) is 0 Å². The number of aryl methyl sites for hydroxylation is 2. The van der Waals surface area contributed by atoms with Crippen molar-refractivity contribution in [3.8, 4) is 0 Å². The molecule has 1 aliphatic rings. The van der Waals surface area contributed by atoms with Gasteiger partial charge < -0.3 is 4.90 Å². The molecule has 0 N–H and O–H groups in total. The van der Waals surface area contributed by atoms with E-state index in [1.54, 1.807) is 18.0 Å². The molecule has 0 aromatic heterocycles. The number of rotatable bonds is 5. The van der Waals surface area contributed by atoms with Gasteiger partial charge in [0.15, 0.2) is 0 Å². The summed E-state index contributed by atoms with van der Waals surface area (Å²) in [6.07, 6.45) is 0. The van der Waals surface area contributed by atoms with Gasteiger partial charge in [0, 0.05) is 24.9 Å². The van der Waals surface area contributed by atoms with Crippen LogP contribution in [0.15, 0.2) is 78.5 Å². The van der Waals surface area contributed by atoms with E-state index >= 15 is 0 Å². The molecule has 3 aromatic carbocycles. The fraction of sp³-hybridized carbons (Fsp3) is 0.120. The summed E-state index contributed by atoms with van der Waals surface area (Å²) >= 11 is 0. The predicted octanol–water partition coefficient (Wildman–Crippen LogP) is 4.63. The Morgan fingerprint density at radius 3 is 2.12 bits per heavy atom. The van der Waals surface area contributed by atoms with Gasteiger partial charge in [-0.05, 0) is 55.3 Å². The fourth-order valence-electron chi connectivity index (χ4n) is 3.90. The molecule has 0 atom stereocenters. The first-order chi connectivity index (χ1) is 15.3. The Labute approximate surface area is 185 Å². The number of imide groups is 1. The van der Waals surface area contributed by atoms with Crippen molar-refractivity contribution < 1.29 is 14.5 Å². The van der Waals surface area contributed by atoms with Crippen molar-refractivity contribution in [3.05, 3.63) is 105 Å². The number of nitrogens with zero attached hydrogens (tertiary/aromatic N) is 3. The lowest BCUT2D eigenvalue weighted by molar-refractivity contribution is -0.384. The third-order valence-electron chi connectivity index (χ3n) is 5.50. The van der Waals surface area contributed by atoms with E-state index in [1.807, 2.05) is 56.3 Å². The highest BCUT2D eigenvalue weighted by molar-refractivity contribution is 6.46. The molecule has 4 rings (SSSR count). The third-order valence-corrected chi connectivity index (χ3v) is 5.50. The fourth-order valence-corrected chi connectivity index (χ4v) is 3.90. The van der Waals surface area contributed by atoms with Crippen LogP contribution in [0, 0.1) is 24.0 Å². The van der Waals surface area contributed by atoms with Gasteiger partial charge in [-0.3, -0.25) is 19.7 Å². The minimum atomic E-state index is -0.501. The van der Waals surface area contributed by atoms with Crippen LogP contribution in [0.3, 0.4) is 0 Å². The van der Waals surface area contributed by atoms with Gasteiger partial charge in [-0.1, -0.05) is 35.9 Å². The Bertz CT molecular complexity index is 1260. The van der Waals surface area contributed by atoms with Gasteiger partial charge in [0.1, 0.15) is 5.70 Å². The Balaban J connectivity index is 1.88. The van der Waals surface area contributed by atoms with Gasteiger partial charge in [-0.25, -0.2) is 4.90 Å². The highest BCUT2D eigenvalue weighted by atomic mass is 16.6. The second-order valence-corrected chi connectivity index (χ2v) is 7.66. The van der Waals surface area contributed by atoms with Crippen molar-refractivity contribution in [2.24, 2.45) is 0 Å². The van der Waals surface area contributed by atoms with Crippen LogP contribution < -0.4 is 9.80 Å². The standard InChI is InChI=1S/C25H21N3O4/c1-16-9-14-21(17(2)15-16)27-24(29)22(18-10-12-20(13-11-18)28(31)32)23(25(27)30)26(3)19-7-5-4-6-8-19/h4-15H,1-3H3. The average Bonchev–Trinajstić information content (AvgIpc) is 3.04. The molecule has 7 heteroatoms. The van der Waals surface area contributed by atoms with Crippen molar-refractivity contribution in [2.45, 2.75) is 13.8 Å². The molecule has 0 fully saturated rings. The molecule has 7 nitrogen and oxygen atoms in total. The molecule has 160 valence electrons. The highest BCUT2D eigenvalue weighted by Gasteiger charge is 2.42. The van der Waals surface area contributed by atoms with Gasteiger partial charge in [0.25, 0.3) is 17.5 Å². The third kappa shape index (κ3) is 3.54. The number of hydrogen-bond acceptors (Lipinski definition) is 5. The van der Waals surface area contributed by atoms with Crippen LogP contribution in [0.25, 0.3) is 5.57 Å². The Morgan fingerprint density at radius 1 is 0.875 bits per heavy atom. The highest BCUT2D eigenvalue weighted by Crippen LogP contribution is 2.37. The van der Waals surface area contributed by atoms with Gasteiger partial charge in [-0.15, -0.1) is 0 Å². The maximum Gasteiger partial charge on any atom is 0.282 e. The number of nitro groups is 1. The van der Waals surface area contributed by atoms with E-state index in [0.717, 1.165) is 16.8 Å². The normalized spacial score (nSPS) is 13.7. The van der Waals surface area contributed by atoms with Crippen LogP contribution in [0.5, 0.6) is 0 Å². The molecule has 1 heterocycles. The molecule has 1 aliphatic heterocycles. The lowest BCUT2D eigenvalue weighted by atomic mass is 10.0. The predicted molar refractivity (Wildman–Crippen MR) is 123 cm³/mol. The zero-order valence-electron chi connectivity index (χ0n) is 17.9.